The van der Waals surface area contributed by atoms with Gasteiger partial charge in [0.25, 0.3) is 0 Å². The fraction of sp³-hybridized carbons (Fsp3) is 1.00. The number of hydrogen-bond acceptors (Lipinski definition) is 2. The highest BCUT2D eigenvalue weighted by Crippen LogP contribution is 2.40. The molecule has 1 fully saturated rings. The first kappa shape index (κ1) is 16.0. The van der Waals surface area contributed by atoms with Crippen LogP contribution < -0.4 is 11.1 Å². The molecule has 0 bridgehead atoms. The number of hydrogen-bond donors (Lipinski definition) is 2. The van der Waals surface area contributed by atoms with Crippen LogP contribution in [0.3, 0.4) is 0 Å². The zero-order valence-electron chi connectivity index (χ0n) is 12.9. The van der Waals surface area contributed by atoms with Gasteiger partial charge in [-0.05, 0) is 45.6 Å². The molecule has 1 saturated carbocycles. The molecule has 1 rings (SSSR count). The molecule has 0 aromatic rings. The largest absolute Gasteiger partial charge is 0.325 e. The number of rotatable bonds is 11. The fourth-order valence-electron chi connectivity index (χ4n) is 2.70. The molecule has 0 radical (unpaired) electrons. The van der Waals surface area contributed by atoms with Crippen LogP contribution in [0.15, 0.2) is 0 Å². The minimum absolute atomic E-state index is 0.0308. The third kappa shape index (κ3) is 6.24. The molecule has 2 nitrogen and oxygen atoms in total. The van der Waals surface area contributed by atoms with Gasteiger partial charge in [-0.1, -0.05) is 38.9 Å². The summed E-state index contributed by atoms with van der Waals surface area (Å²) in [5, 5.41) is 3.77. The van der Waals surface area contributed by atoms with Crippen LogP contribution in [0.5, 0.6) is 0 Å². The maximum atomic E-state index is 6.37. The normalized spacial score (nSPS) is 20.6. The summed E-state index contributed by atoms with van der Waals surface area (Å²) in [6, 6.07) is 0. The lowest BCUT2D eigenvalue weighted by Gasteiger charge is -2.26. The maximum Gasteiger partial charge on any atom is 0.101 e. The highest BCUT2D eigenvalue weighted by atomic mass is 15.0. The van der Waals surface area contributed by atoms with Crippen molar-refractivity contribution >= 4 is 7.85 Å². The second kappa shape index (κ2) is 7.54. The Morgan fingerprint density at radius 1 is 1.22 bits per heavy atom. The van der Waals surface area contributed by atoms with E-state index in [2.05, 4.69) is 27.0 Å². The van der Waals surface area contributed by atoms with Gasteiger partial charge in [-0.2, -0.15) is 0 Å². The van der Waals surface area contributed by atoms with Gasteiger partial charge in [-0.3, -0.25) is 0 Å². The molecule has 106 valence electrons. The molecule has 0 amide bonds. The number of nitrogens with two attached hydrogens (primary N) is 1. The average Bonchev–Trinajstić information content (AvgIpc) is 3.07. The third-order valence-corrected chi connectivity index (χ3v) is 4.41. The molecule has 0 saturated heterocycles. The summed E-state index contributed by atoms with van der Waals surface area (Å²) in [6.45, 7) is 5.60. The lowest BCUT2D eigenvalue weighted by molar-refractivity contribution is 0.353. The summed E-state index contributed by atoms with van der Waals surface area (Å²) in [5.41, 5.74) is 6.91. The van der Waals surface area contributed by atoms with E-state index >= 15 is 0 Å². The Labute approximate surface area is 115 Å². The molecule has 0 spiro atoms. The van der Waals surface area contributed by atoms with E-state index in [1.807, 2.05) is 0 Å². The van der Waals surface area contributed by atoms with E-state index < -0.39 is 0 Å². The van der Waals surface area contributed by atoms with Crippen LogP contribution in [0.2, 0.25) is 6.32 Å². The Bertz CT molecular complexity index is 225. The van der Waals surface area contributed by atoms with Crippen LogP contribution in [0.25, 0.3) is 0 Å². The summed E-state index contributed by atoms with van der Waals surface area (Å²) in [4.78, 5) is 0. The van der Waals surface area contributed by atoms with Crippen LogP contribution in [0, 0.1) is 0 Å². The highest BCUT2D eigenvalue weighted by molar-refractivity contribution is 6.08. The zero-order valence-corrected chi connectivity index (χ0v) is 12.9. The highest BCUT2D eigenvalue weighted by Gasteiger charge is 2.41. The Morgan fingerprint density at radius 3 is 2.50 bits per heavy atom. The average molecular weight is 252 g/mol. The monoisotopic (exact) mass is 252 g/mol. The van der Waals surface area contributed by atoms with E-state index in [1.54, 1.807) is 0 Å². The van der Waals surface area contributed by atoms with Crippen LogP contribution in [0.1, 0.15) is 71.6 Å². The van der Waals surface area contributed by atoms with Crippen molar-refractivity contribution in [2.75, 3.05) is 6.54 Å². The second-order valence-electron chi connectivity index (χ2n) is 6.67. The first-order valence-electron chi connectivity index (χ1n) is 8.07. The summed E-state index contributed by atoms with van der Waals surface area (Å²) >= 11 is 0. The van der Waals surface area contributed by atoms with Gasteiger partial charge in [-0.25, -0.2) is 0 Å². The topological polar surface area (TPSA) is 38.0 Å². The molecule has 1 atom stereocenters. The van der Waals surface area contributed by atoms with Crippen LogP contribution in [-0.2, 0) is 0 Å². The van der Waals surface area contributed by atoms with E-state index in [0.29, 0.717) is 5.54 Å². The Hall–Kier alpha value is -0.0151. The van der Waals surface area contributed by atoms with Gasteiger partial charge in [0, 0.05) is 11.1 Å². The van der Waals surface area contributed by atoms with Gasteiger partial charge in [0.05, 0.1) is 0 Å². The molecule has 3 heteroatoms. The fourth-order valence-corrected chi connectivity index (χ4v) is 2.70. The van der Waals surface area contributed by atoms with Crippen LogP contribution >= 0.6 is 0 Å². The van der Waals surface area contributed by atoms with Crippen molar-refractivity contribution < 1.29 is 0 Å². The first-order valence-corrected chi connectivity index (χ1v) is 8.07. The Kier molecular flexibility index (Phi) is 6.72. The maximum absolute atomic E-state index is 6.37. The van der Waals surface area contributed by atoms with E-state index in [-0.39, 0.29) is 5.54 Å². The summed E-state index contributed by atoms with van der Waals surface area (Å²) in [6.07, 6.45) is 13.0. The minimum Gasteiger partial charge on any atom is -0.325 e. The van der Waals surface area contributed by atoms with Gasteiger partial charge < -0.3 is 11.1 Å². The Balaban J connectivity index is 2.12. The summed E-state index contributed by atoms with van der Waals surface area (Å²) in [7, 11) is 2.25. The van der Waals surface area contributed by atoms with E-state index in [4.69, 9.17) is 5.73 Å². The molecule has 0 aromatic heterocycles. The summed E-state index contributed by atoms with van der Waals surface area (Å²) in [5.74, 6) is 0. The SMILES string of the molecule is BCCCCC(C)(N)CCNC1(CCCC)CC1. The molecule has 1 aliphatic rings. The van der Waals surface area contributed by atoms with Crippen LogP contribution in [-0.4, -0.2) is 25.5 Å². The molecule has 1 unspecified atom stereocenters. The van der Waals surface area contributed by atoms with Gasteiger partial charge >= 0.3 is 0 Å². The van der Waals surface area contributed by atoms with Crippen molar-refractivity contribution in [1.29, 1.82) is 0 Å². The third-order valence-electron chi connectivity index (χ3n) is 4.41. The first-order chi connectivity index (χ1) is 8.54. The minimum atomic E-state index is 0.0308. The van der Waals surface area contributed by atoms with Crippen molar-refractivity contribution in [3.63, 3.8) is 0 Å². The lowest BCUT2D eigenvalue weighted by atomic mass is 9.89. The van der Waals surface area contributed by atoms with Gasteiger partial charge in [-0.15, -0.1) is 0 Å². The molecule has 3 N–H and O–H groups in total. The van der Waals surface area contributed by atoms with Crippen molar-refractivity contribution in [2.45, 2.75) is 89.0 Å². The molecule has 0 aliphatic heterocycles. The number of unbranched alkanes of at least 4 members (excludes halogenated alkanes) is 2. The van der Waals surface area contributed by atoms with E-state index in [9.17, 15) is 0 Å². The van der Waals surface area contributed by atoms with Crippen molar-refractivity contribution in [3.8, 4) is 0 Å². The standard InChI is InChI=1S/C15H33BN2/c1-3-4-8-15(9-10-15)18-13-11-14(2,17)7-5-6-12-16/h18H,3-13,16-17H2,1-2H3. The van der Waals surface area contributed by atoms with Gasteiger partial charge in [0.15, 0.2) is 0 Å². The van der Waals surface area contributed by atoms with Crippen molar-refractivity contribution in [1.82, 2.24) is 5.32 Å². The van der Waals surface area contributed by atoms with Crippen LogP contribution in [0.4, 0.5) is 0 Å². The second-order valence-corrected chi connectivity index (χ2v) is 6.67. The predicted octanol–water partition coefficient (Wildman–Crippen LogP) is 2.63. The molecular weight excluding hydrogens is 219 g/mol. The van der Waals surface area contributed by atoms with Gasteiger partial charge in [0.1, 0.15) is 7.85 Å². The molecule has 18 heavy (non-hydrogen) atoms. The molecule has 1 aliphatic carbocycles. The van der Waals surface area contributed by atoms with Gasteiger partial charge in [0.2, 0.25) is 0 Å². The quantitative estimate of drug-likeness (QED) is 0.438. The van der Waals surface area contributed by atoms with Crippen molar-refractivity contribution in [3.05, 3.63) is 0 Å². The van der Waals surface area contributed by atoms with E-state index in [1.165, 1.54) is 57.7 Å². The smallest absolute Gasteiger partial charge is 0.101 e. The molecular formula is C15H33BN2. The molecule has 0 aromatic carbocycles. The zero-order chi connectivity index (χ0) is 13.5. The summed E-state index contributed by atoms with van der Waals surface area (Å²) < 4.78 is 0. The Morgan fingerprint density at radius 2 is 1.94 bits per heavy atom. The number of nitrogens with one attached hydrogen (secondary N) is 1. The predicted molar refractivity (Wildman–Crippen MR) is 83.9 cm³/mol. The van der Waals surface area contributed by atoms with Crippen molar-refractivity contribution in [2.24, 2.45) is 5.73 Å². The lowest BCUT2D eigenvalue weighted by Crippen LogP contribution is -2.42. The molecule has 0 heterocycles. The van der Waals surface area contributed by atoms with E-state index in [0.717, 1.165) is 13.0 Å².